The van der Waals surface area contributed by atoms with Crippen molar-refractivity contribution in [3.05, 3.63) is 34.3 Å². The molecule has 0 fully saturated rings. The summed E-state index contributed by atoms with van der Waals surface area (Å²) in [5, 5.41) is 3.52. The van der Waals surface area contributed by atoms with Crippen LogP contribution in [0.4, 0.5) is 0 Å². The Bertz CT molecular complexity index is 404. The lowest BCUT2D eigenvalue weighted by atomic mass is 10.0. The van der Waals surface area contributed by atoms with Gasteiger partial charge >= 0.3 is 0 Å². The topological polar surface area (TPSA) is 21.3 Å². The van der Waals surface area contributed by atoms with Gasteiger partial charge in [0.25, 0.3) is 0 Å². The van der Waals surface area contributed by atoms with Crippen LogP contribution in [-0.2, 0) is 4.74 Å². The summed E-state index contributed by atoms with van der Waals surface area (Å²) in [7, 11) is 0. The fraction of sp³-hybridized carbons (Fsp3) is 0.625. The molecule has 3 heteroatoms. The lowest BCUT2D eigenvalue weighted by Crippen LogP contribution is -2.40. The van der Waals surface area contributed by atoms with Crippen molar-refractivity contribution in [3.63, 3.8) is 0 Å². The van der Waals surface area contributed by atoms with Crippen molar-refractivity contribution in [2.45, 2.75) is 58.8 Å². The van der Waals surface area contributed by atoms with Crippen molar-refractivity contribution in [3.8, 4) is 0 Å². The van der Waals surface area contributed by atoms with E-state index in [0.29, 0.717) is 0 Å². The zero-order chi connectivity index (χ0) is 14.7. The van der Waals surface area contributed by atoms with Gasteiger partial charge in [-0.15, -0.1) is 0 Å². The first-order chi connectivity index (χ1) is 8.58. The maximum Gasteiger partial charge on any atom is 0.0967 e. The van der Waals surface area contributed by atoms with Gasteiger partial charge in [-0.25, -0.2) is 0 Å². The third kappa shape index (κ3) is 6.55. The van der Waals surface area contributed by atoms with Crippen LogP contribution < -0.4 is 5.32 Å². The third-order valence-corrected chi connectivity index (χ3v) is 3.29. The lowest BCUT2D eigenvalue weighted by Gasteiger charge is -2.31. The first-order valence-electron chi connectivity index (χ1n) is 6.76. The number of hydrogen-bond donors (Lipinski definition) is 1. The molecular formula is C16H26BrNO. The Kier molecular flexibility index (Phi) is 5.60. The Labute approximate surface area is 126 Å². The molecule has 0 amide bonds. The highest BCUT2D eigenvalue weighted by Gasteiger charge is 2.23. The monoisotopic (exact) mass is 327 g/mol. The second kappa shape index (κ2) is 6.38. The van der Waals surface area contributed by atoms with Crippen LogP contribution in [0.15, 0.2) is 28.7 Å². The van der Waals surface area contributed by atoms with E-state index in [-0.39, 0.29) is 17.2 Å². The minimum atomic E-state index is -0.167. The Balaban J connectivity index is 2.90. The summed E-state index contributed by atoms with van der Waals surface area (Å²) in [5.41, 5.74) is 1.11. The summed E-state index contributed by atoms with van der Waals surface area (Å²) in [5.74, 6) is 0. The van der Waals surface area contributed by atoms with Crippen LogP contribution in [0.2, 0.25) is 0 Å². The van der Waals surface area contributed by atoms with Gasteiger partial charge in [0.05, 0.1) is 11.7 Å². The van der Waals surface area contributed by atoms with Gasteiger partial charge in [-0.3, -0.25) is 0 Å². The molecule has 1 aromatic carbocycles. The first-order valence-corrected chi connectivity index (χ1v) is 7.55. The zero-order valence-electron chi connectivity index (χ0n) is 12.9. The Morgan fingerprint density at radius 1 is 1.11 bits per heavy atom. The van der Waals surface area contributed by atoms with E-state index in [1.807, 2.05) is 6.07 Å². The summed E-state index contributed by atoms with van der Waals surface area (Å²) in [4.78, 5) is 0. The molecule has 1 unspecified atom stereocenters. The molecule has 0 bridgehead atoms. The van der Waals surface area contributed by atoms with Gasteiger partial charge in [0.2, 0.25) is 0 Å². The SMILES string of the molecule is CC(C)(C)NCC(OC(C)(C)C)c1ccccc1Br. The number of halogens is 1. The molecule has 1 N–H and O–H groups in total. The van der Waals surface area contributed by atoms with E-state index in [4.69, 9.17) is 4.74 Å². The molecule has 1 atom stereocenters. The number of benzene rings is 1. The van der Waals surface area contributed by atoms with Crippen molar-refractivity contribution < 1.29 is 4.74 Å². The van der Waals surface area contributed by atoms with E-state index < -0.39 is 0 Å². The number of ether oxygens (including phenoxy) is 1. The highest BCUT2D eigenvalue weighted by Crippen LogP contribution is 2.29. The van der Waals surface area contributed by atoms with Gasteiger partial charge in [-0.2, -0.15) is 0 Å². The summed E-state index contributed by atoms with van der Waals surface area (Å²) >= 11 is 3.62. The normalized spacial score (nSPS) is 14.5. The molecule has 0 spiro atoms. The average molecular weight is 328 g/mol. The van der Waals surface area contributed by atoms with Crippen molar-refractivity contribution in [2.24, 2.45) is 0 Å². The van der Waals surface area contributed by atoms with Crippen molar-refractivity contribution in [1.29, 1.82) is 0 Å². The molecule has 1 aromatic rings. The predicted molar refractivity (Wildman–Crippen MR) is 85.5 cm³/mol. The molecule has 0 radical (unpaired) electrons. The first kappa shape index (κ1) is 16.7. The van der Waals surface area contributed by atoms with Crippen molar-refractivity contribution in [1.82, 2.24) is 5.32 Å². The second-order valence-corrected chi connectivity index (χ2v) is 7.73. The van der Waals surface area contributed by atoms with Crippen LogP contribution in [0, 0.1) is 0 Å². The molecule has 0 aromatic heterocycles. The fourth-order valence-electron chi connectivity index (χ4n) is 1.78. The van der Waals surface area contributed by atoms with Gasteiger partial charge in [0.1, 0.15) is 0 Å². The molecule has 0 saturated carbocycles. The summed E-state index contributed by atoms with van der Waals surface area (Å²) in [6, 6.07) is 8.26. The van der Waals surface area contributed by atoms with E-state index in [1.165, 1.54) is 5.56 Å². The molecule has 0 heterocycles. The zero-order valence-corrected chi connectivity index (χ0v) is 14.5. The quantitative estimate of drug-likeness (QED) is 0.865. The van der Waals surface area contributed by atoms with Gasteiger partial charge in [-0.1, -0.05) is 34.1 Å². The van der Waals surface area contributed by atoms with Crippen LogP contribution in [0.5, 0.6) is 0 Å². The highest BCUT2D eigenvalue weighted by molar-refractivity contribution is 9.10. The van der Waals surface area contributed by atoms with E-state index in [9.17, 15) is 0 Å². The maximum absolute atomic E-state index is 6.21. The van der Waals surface area contributed by atoms with Crippen LogP contribution in [-0.4, -0.2) is 17.7 Å². The second-order valence-electron chi connectivity index (χ2n) is 6.87. The molecule has 0 aliphatic heterocycles. The Morgan fingerprint density at radius 3 is 2.16 bits per heavy atom. The molecule has 2 nitrogen and oxygen atoms in total. The minimum absolute atomic E-state index is 0.0369. The highest BCUT2D eigenvalue weighted by atomic mass is 79.9. The standard InChI is InChI=1S/C16H26BrNO/c1-15(2,3)18-11-14(19-16(4,5)6)12-9-7-8-10-13(12)17/h7-10,14,18H,11H2,1-6H3. The summed E-state index contributed by atoms with van der Waals surface area (Å²) in [6.07, 6.45) is 0.0369. The van der Waals surface area contributed by atoms with Crippen molar-refractivity contribution in [2.75, 3.05) is 6.54 Å². The molecule has 0 aliphatic carbocycles. The van der Waals surface area contributed by atoms with E-state index in [0.717, 1.165) is 11.0 Å². The third-order valence-electron chi connectivity index (χ3n) is 2.57. The van der Waals surface area contributed by atoms with Crippen molar-refractivity contribution >= 4 is 15.9 Å². The molecule has 108 valence electrons. The molecule has 0 aliphatic rings. The number of hydrogen-bond acceptors (Lipinski definition) is 2. The molecule has 0 saturated heterocycles. The van der Waals surface area contributed by atoms with Gasteiger partial charge in [-0.05, 0) is 53.2 Å². The van der Waals surface area contributed by atoms with Gasteiger partial charge in [0, 0.05) is 16.6 Å². The largest absolute Gasteiger partial charge is 0.367 e. The van der Waals surface area contributed by atoms with E-state index in [2.05, 4.69) is 81.0 Å². The van der Waals surface area contributed by atoms with Gasteiger partial charge < -0.3 is 10.1 Å². The smallest absolute Gasteiger partial charge is 0.0967 e. The van der Waals surface area contributed by atoms with Crippen LogP contribution >= 0.6 is 15.9 Å². The Morgan fingerprint density at radius 2 is 1.68 bits per heavy atom. The average Bonchev–Trinajstić information content (AvgIpc) is 2.22. The lowest BCUT2D eigenvalue weighted by molar-refractivity contribution is -0.0627. The molecular weight excluding hydrogens is 302 g/mol. The minimum Gasteiger partial charge on any atom is -0.367 e. The number of nitrogens with one attached hydrogen (secondary N) is 1. The van der Waals surface area contributed by atoms with Gasteiger partial charge in [0.15, 0.2) is 0 Å². The summed E-state index contributed by atoms with van der Waals surface area (Å²) < 4.78 is 7.30. The summed E-state index contributed by atoms with van der Waals surface area (Å²) in [6.45, 7) is 13.6. The Hall–Kier alpha value is -0.380. The molecule has 1 rings (SSSR count). The fourth-order valence-corrected chi connectivity index (χ4v) is 2.32. The van der Waals surface area contributed by atoms with E-state index in [1.54, 1.807) is 0 Å². The van der Waals surface area contributed by atoms with Crippen LogP contribution in [0.25, 0.3) is 0 Å². The van der Waals surface area contributed by atoms with E-state index >= 15 is 0 Å². The maximum atomic E-state index is 6.21. The number of rotatable bonds is 4. The van der Waals surface area contributed by atoms with Crippen LogP contribution in [0.1, 0.15) is 53.2 Å². The molecule has 19 heavy (non-hydrogen) atoms. The predicted octanol–water partition coefficient (Wildman–Crippen LogP) is 4.69. The van der Waals surface area contributed by atoms with Crippen LogP contribution in [0.3, 0.4) is 0 Å².